The van der Waals surface area contributed by atoms with Gasteiger partial charge in [0.2, 0.25) is 5.91 Å². The Kier molecular flexibility index (Phi) is 16.5. The topological polar surface area (TPSA) is 120 Å². The van der Waals surface area contributed by atoms with E-state index in [-0.39, 0.29) is 18.5 Å². The molecule has 1 aliphatic carbocycles. The van der Waals surface area contributed by atoms with Crippen LogP contribution in [0.25, 0.3) is 0 Å². The average Bonchev–Trinajstić information content (AvgIpc) is 2.97. The molecule has 44 heavy (non-hydrogen) atoms. The van der Waals surface area contributed by atoms with Gasteiger partial charge < -0.3 is 34.9 Å². The third-order valence-corrected chi connectivity index (χ3v) is 9.60. The minimum Gasteiger partial charge on any atom is -0.550 e. The second-order valence-corrected chi connectivity index (χ2v) is 14.4. The number of nitrogens with one attached hydrogen (secondary N) is 2. The summed E-state index contributed by atoms with van der Waals surface area (Å²) in [5.74, 6) is -3.56. The van der Waals surface area contributed by atoms with Crippen molar-refractivity contribution in [2.24, 2.45) is 11.3 Å². The molecule has 0 aromatic rings. The lowest BCUT2D eigenvalue weighted by atomic mass is 9.71. The normalized spacial score (nSPS) is 21.3. The Morgan fingerprint density at radius 3 is 1.95 bits per heavy atom. The lowest BCUT2D eigenvalue weighted by Crippen LogP contribution is -2.66. The van der Waals surface area contributed by atoms with E-state index in [0.717, 1.165) is 44.9 Å². The fraction of sp³-hybridized carbons (Fsp3) is 0.914. The van der Waals surface area contributed by atoms with Gasteiger partial charge in [0.15, 0.2) is 5.79 Å². The molecule has 0 aromatic carbocycles. The molecule has 2 N–H and O–H groups in total. The number of hydrogen-bond donors (Lipinski definition) is 2. The van der Waals surface area contributed by atoms with Crippen LogP contribution >= 0.6 is 0 Å². The van der Waals surface area contributed by atoms with Crippen molar-refractivity contribution in [2.45, 2.75) is 168 Å². The highest BCUT2D eigenvalue weighted by Crippen LogP contribution is 2.41. The maximum atomic E-state index is 13.8. The molecule has 256 valence electrons. The van der Waals surface area contributed by atoms with Crippen molar-refractivity contribution in [3.05, 3.63) is 0 Å². The van der Waals surface area contributed by atoms with Crippen LogP contribution in [-0.2, 0) is 19.1 Å². The average molecular weight is 623 g/mol. The SMILES string of the molecule is CCCCCCCCCCCCNC(=O)N(CCCC)C1(C(CNC(=O)C2OC(C)(C)OCC2(C)C)C(=O)[O-])CCCCC1. The first-order chi connectivity index (χ1) is 20.9. The molecule has 3 amide bonds. The number of carbonyl (C=O) groups is 3. The van der Waals surface area contributed by atoms with E-state index in [0.29, 0.717) is 32.5 Å². The van der Waals surface area contributed by atoms with Crippen LogP contribution in [-0.4, -0.2) is 66.5 Å². The standard InChI is InChI=1S/C35H65N3O6/c1-7-9-11-12-13-14-15-16-17-21-24-36-32(42)38(25-10-8-2)35(22-19-18-20-23-35)28(31(40)41)26-37-30(39)29-33(3,4)27-43-34(5,6)44-29/h28-29H,7-27H2,1-6H3,(H,36,42)(H,37,39)(H,40,41)/p-1. The van der Waals surface area contributed by atoms with E-state index in [9.17, 15) is 19.5 Å². The minimum absolute atomic E-state index is 0.118. The highest BCUT2D eigenvalue weighted by molar-refractivity contribution is 5.83. The number of carboxylic acid groups (broad SMARTS) is 1. The van der Waals surface area contributed by atoms with E-state index in [1.54, 1.807) is 18.7 Å². The summed E-state index contributed by atoms with van der Waals surface area (Å²) >= 11 is 0. The van der Waals surface area contributed by atoms with Crippen LogP contribution in [0.2, 0.25) is 0 Å². The van der Waals surface area contributed by atoms with Crippen molar-refractivity contribution in [1.29, 1.82) is 0 Å². The van der Waals surface area contributed by atoms with Gasteiger partial charge in [0.25, 0.3) is 0 Å². The van der Waals surface area contributed by atoms with Crippen molar-refractivity contribution in [3.63, 3.8) is 0 Å². The Bertz CT molecular complexity index is 871. The van der Waals surface area contributed by atoms with Crippen LogP contribution in [0, 0.1) is 11.3 Å². The third-order valence-electron chi connectivity index (χ3n) is 9.60. The first kappa shape index (κ1) is 38.3. The molecule has 1 saturated heterocycles. The molecule has 2 atom stereocenters. The molecule has 0 bridgehead atoms. The summed E-state index contributed by atoms with van der Waals surface area (Å²) in [5.41, 5.74) is -1.51. The number of nitrogens with zero attached hydrogens (tertiary/aromatic N) is 1. The number of carbonyl (C=O) groups excluding carboxylic acids is 3. The Morgan fingerprint density at radius 2 is 1.39 bits per heavy atom. The van der Waals surface area contributed by atoms with E-state index in [1.807, 2.05) is 13.8 Å². The largest absolute Gasteiger partial charge is 0.550 e. The summed E-state index contributed by atoms with van der Waals surface area (Å²) < 4.78 is 11.7. The van der Waals surface area contributed by atoms with E-state index < -0.39 is 34.7 Å². The second kappa shape index (κ2) is 18.9. The van der Waals surface area contributed by atoms with E-state index >= 15 is 0 Å². The number of aliphatic carboxylic acids is 1. The smallest absolute Gasteiger partial charge is 0.317 e. The molecule has 2 fully saturated rings. The summed E-state index contributed by atoms with van der Waals surface area (Å²) in [6.07, 6.45) is 16.9. The fourth-order valence-corrected chi connectivity index (χ4v) is 6.83. The first-order valence-corrected chi connectivity index (χ1v) is 17.8. The first-order valence-electron chi connectivity index (χ1n) is 17.8. The van der Waals surface area contributed by atoms with Gasteiger partial charge in [-0.15, -0.1) is 0 Å². The molecular weight excluding hydrogens is 558 g/mol. The molecule has 2 rings (SSSR count). The van der Waals surface area contributed by atoms with Crippen LogP contribution < -0.4 is 15.7 Å². The highest BCUT2D eigenvalue weighted by Gasteiger charge is 2.49. The third kappa shape index (κ3) is 11.8. The lowest BCUT2D eigenvalue weighted by Gasteiger charge is -2.51. The van der Waals surface area contributed by atoms with Crippen molar-refractivity contribution >= 4 is 17.9 Å². The Labute approximate surface area is 268 Å². The van der Waals surface area contributed by atoms with Crippen LogP contribution in [0.3, 0.4) is 0 Å². The van der Waals surface area contributed by atoms with Crippen molar-refractivity contribution in [2.75, 3.05) is 26.2 Å². The number of ether oxygens (including phenoxy) is 2. The van der Waals surface area contributed by atoms with Crippen LogP contribution in [0.5, 0.6) is 0 Å². The molecule has 9 heteroatoms. The molecule has 9 nitrogen and oxygen atoms in total. The lowest BCUT2D eigenvalue weighted by molar-refractivity contribution is -0.316. The van der Waals surface area contributed by atoms with E-state index in [4.69, 9.17) is 9.47 Å². The number of amides is 3. The van der Waals surface area contributed by atoms with Gasteiger partial charge >= 0.3 is 6.03 Å². The van der Waals surface area contributed by atoms with E-state index in [1.165, 1.54) is 51.4 Å². The zero-order valence-corrected chi connectivity index (χ0v) is 28.9. The maximum Gasteiger partial charge on any atom is 0.317 e. The van der Waals surface area contributed by atoms with Crippen molar-refractivity contribution in [1.82, 2.24) is 15.5 Å². The van der Waals surface area contributed by atoms with Gasteiger partial charge in [-0.3, -0.25) is 4.79 Å². The Balaban J connectivity index is 2.06. The van der Waals surface area contributed by atoms with Gasteiger partial charge in [-0.2, -0.15) is 0 Å². The van der Waals surface area contributed by atoms with Crippen LogP contribution in [0.4, 0.5) is 4.79 Å². The molecule has 2 unspecified atom stereocenters. The summed E-state index contributed by atoms with van der Waals surface area (Å²) in [7, 11) is 0. The fourth-order valence-electron chi connectivity index (χ4n) is 6.83. The molecule has 1 saturated carbocycles. The molecule has 0 radical (unpaired) electrons. The second-order valence-electron chi connectivity index (χ2n) is 14.4. The summed E-state index contributed by atoms with van der Waals surface area (Å²) in [6.45, 7) is 12.9. The van der Waals surface area contributed by atoms with E-state index in [2.05, 4.69) is 24.5 Å². The van der Waals surface area contributed by atoms with Crippen molar-refractivity contribution in [3.8, 4) is 0 Å². The molecule has 0 aromatic heterocycles. The van der Waals surface area contributed by atoms with Gasteiger partial charge in [0.05, 0.1) is 12.1 Å². The number of hydrogen-bond acceptors (Lipinski definition) is 6. The van der Waals surface area contributed by atoms with Gasteiger partial charge in [0, 0.05) is 36.9 Å². The number of rotatable bonds is 20. The predicted octanol–water partition coefficient (Wildman–Crippen LogP) is 6.08. The summed E-state index contributed by atoms with van der Waals surface area (Å²) in [5, 5.41) is 18.8. The molecule has 0 spiro atoms. The maximum absolute atomic E-state index is 13.8. The molecule has 1 aliphatic heterocycles. The number of carboxylic acids is 1. The number of urea groups is 1. The summed E-state index contributed by atoms with van der Waals surface area (Å²) in [4.78, 5) is 41.8. The minimum atomic E-state index is -1.23. The predicted molar refractivity (Wildman–Crippen MR) is 173 cm³/mol. The highest BCUT2D eigenvalue weighted by atomic mass is 16.7. The number of unbranched alkanes of at least 4 members (excludes halogenated alkanes) is 10. The Hall–Kier alpha value is -1.87. The quantitative estimate of drug-likeness (QED) is 0.159. The zero-order chi connectivity index (χ0) is 32.6. The molecule has 1 heterocycles. The summed E-state index contributed by atoms with van der Waals surface area (Å²) in [6, 6.07) is -0.204. The molecule has 2 aliphatic rings. The van der Waals surface area contributed by atoms with Gasteiger partial charge in [-0.25, -0.2) is 4.79 Å². The molecular formula is C35H64N3O6-. The Morgan fingerprint density at radius 1 is 0.818 bits per heavy atom. The van der Waals surface area contributed by atoms with Gasteiger partial charge in [0.1, 0.15) is 6.10 Å². The van der Waals surface area contributed by atoms with Crippen LogP contribution in [0.1, 0.15) is 151 Å². The van der Waals surface area contributed by atoms with Crippen LogP contribution in [0.15, 0.2) is 0 Å². The monoisotopic (exact) mass is 622 g/mol. The van der Waals surface area contributed by atoms with Gasteiger partial charge in [-0.05, 0) is 39.5 Å². The zero-order valence-electron chi connectivity index (χ0n) is 28.9. The van der Waals surface area contributed by atoms with Crippen molar-refractivity contribution < 1.29 is 29.0 Å². The van der Waals surface area contributed by atoms with Gasteiger partial charge in [-0.1, -0.05) is 111 Å².